The second kappa shape index (κ2) is 3.65. The maximum atomic E-state index is 10.9. The van der Waals surface area contributed by atoms with E-state index >= 15 is 0 Å². The van der Waals surface area contributed by atoms with Crippen LogP contribution in [-0.2, 0) is 4.79 Å². The van der Waals surface area contributed by atoms with E-state index in [9.17, 15) is 4.79 Å². The number of nitrogens with zero attached hydrogens (tertiary/aromatic N) is 6. The molecule has 0 spiro atoms. The number of hydrogen-bond acceptors (Lipinski definition) is 6. The Labute approximate surface area is 95.9 Å². The highest BCUT2D eigenvalue weighted by Gasteiger charge is 2.29. The van der Waals surface area contributed by atoms with Gasteiger partial charge in [0, 0.05) is 13.1 Å². The van der Waals surface area contributed by atoms with Crippen molar-refractivity contribution in [2.75, 3.05) is 18.0 Å². The van der Waals surface area contributed by atoms with Crippen LogP contribution in [0, 0.1) is 5.92 Å². The van der Waals surface area contributed by atoms with Gasteiger partial charge in [0.15, 0.2) is 11.5 Å². The van der Waals surface area contributed by atoms with Crippen molar-refractivity contribution >= 4 is 17.4 Å². The molecule has 0 amide bonds. The largest absolute Gasteiger partial charge is 0.481 e. The zero-order valence-electron chi connectivity index (χ0n) is 8.89. The van der Waals surface area contributed by atoms with E-state index in [2.05, 4.69) is 20.5 Å². The first-order valence-corrected chi connectivity index (χ1v) is 5.25. The Morgan fingerprint density at radius 3 is 3.12 bits per heavy atom. The van der Waals surface area contributed by atoms with Crippen LogP contribution in [0.1, 0.15) is 6.42 Å². The van der Waals surface area contributed by atoms with E-state index in [0.717, 1.165) is 5.82 Å². The number of tetrazole rings is 1. The molecule has 2 aromatic rings. The first-order chi connectivity index (χ1) is 8.25. The van der Waals surface area contributed by atoms with Crippen LogP contribution in [0.5, 0.6) is 0 Å². The van der Waals surface area contributed by atoms with E-state index in [0.29, 0.717) is 25.2 Å². The van der Waals surface area contributed by atoms with Gasteiger partial charge in [0.1, 0.15) is 0 Å². The van der Waals surface area contributed by atoms with Gasteiger partial charge in [-0.3, -0.25) is 9.78 Å². The van der Waals surface area contributed by atoms with Crippen molar-refractivity contribution in [2.24, 2.45) is 5.92 Å². The second-order valence-corrected chi connectivity index (χ2v) is 3.98. The van der Waals surface area contributed by atoms with Gasteiger partial charge in [-0.25, -0.2) is 0 Å². The van der Waals surface area contributed by atoms with Crippen molar-refractivity contribution in [1.82, 2.24) is 25.0 Å². The van der Waals surface area contributed by atoms with E-state index in [4.69, 9.17) is 5.11 Å². The molecule has 8 heteroatoms. The Morgan fingerprint density at radius 1 is 1.47 bits per heavy atom. The predicted molar refractivity (Wildman–Crippen MR) is 56.5 cm³/mol. The fourth-order valence-electron chi connectivity index (χ4n) is 2.05. The predicted octanol–water partition coefficient (Wildman–Crippen LogP) is -0.570. The van der Waals surface area contributed by atoms with Crippen molar-refractivity contribution in [3.63, 3.8) is 0 Å². The monoisotopic (exact) mass is 234 g/mol. The molecule has 1 fully saturated rings. The molecule has 3 rings (SSSR count). The molecule has 1 atom stereocenters. The van der Waals surface area contributed by atoms with Crippen molar-refractivity contribution in [3.05, 3.63) is 12.4 Å². The number of carboxylic acids is 1. The fraction of sp³-hybridized carbons (Fsp3) is 0.444. The molecule has 0 aromatic carbocycles. The molecule has 0 saturated carbocycles. The zero-order valence-corrected chi connectivity index (χ0v) is 8.89. The Morgan fingerprint density at radius 2 is 2.35 bits per heavy atom. The van der Waals surface area contributed by atoms with Crippen molar-refractivity contribution in [2.45, 2.75) is 6.42 Å². The maximum Gasteiger partial charge on any atom is 0.308 e. The highest BCUT2D eigenvalue weighted by Crippen LogP contribution is 2.22. The summed E-state index contributed by atoms with van der Waals surface area (Å²) in [5.41, 5.74) is 0.557. The second-order valence-electron chi connectivity index (χ2n) is 3.98. The molecule has 88 valence electrons. The quantitative estimate of drug-likeness (QED) is 0.743. The lowest BCUT2D eigenvalue weighted by molar-refractivity contribution is -0.140. The van der Waals surface area contributed by atoms with Gasteiger partial charge in [0.05, 0.1) is 18.3 Å². The summed E-state index contributed by atoms with van der Waals surface area (Å²) in [7, 11) is 0. The third-order valence-electron chi connectivity index (χ3n) is 2.95. The molecule has 2 aromatic heterocycles. The van der Waals surface area contributed by atoms with Gasteiger partial charge in [0.2, 0.25) is 0 Å². The standard InChI is InChI=1S/C9H10N6O2/c16-9(17)6-1-2-14(5-6)8-4-10-3-7-11-12-13-15(7)8/h3-4,6H,1-2,5H2,(H,16,17). The lowest BCUT2D eigenvalue weighted by Gasteiger charge is -2.17. The van der Waals surface area contributed by atoms with Crippen LogP contribution in [0.3, 0.4) is 0 Å². The third kappa shape index (κ3) is 1.57. The number of hydrogen-bond donors (Lipinski definition) is 1. The number of carboxylic acid groups (broad SMARTS) is 1. The molecule has 1 N–H and O–H groups in total. The van der Waals surface area contributed by atoms with E-state index in [1.165, 1.54) is 0 Å². The summed E-state index contributed by atoms with van der Waals surface area (Å²) < 4.78 is 1.57. The van der Waals surface area contributed by atoms with Crippen molar-refractivity contribution in [3.8, 4) is 0 Å². The SMILES string of the molecule is O=C(O)C1CCN(c2cncc3nnnn23)C1. The van der Waals surface area contributed by atoms with Crippen LogP contribution in [0.25, 0.3) is 5.65 Å². The van der Waals surface area contributed by atoms with Gasteiger partial charge in [-0.2, -0.15) is 4.52 Å². The Bertz CT molecular complexity index is 567. The molecule has 1 aliphatic heterocycles. The molecule has 0 radical (unpaired) electrons. The Balaban J connectivity index is 1.95. The lowest BCUT2D eigenvalue weighted by Crippen LogP contribution is -2.24. The number of anilines is 1. The first kappa shape index (κ1) is 9.94. The molecule has 8 nitrogen and oxygen atoms in total. The fourth-order valence-corrected chi connectivity index (χ4v) is 2.05. The van der Waals surface area contributed by atoms with Crippen molar-refractivity contribution in [1.29, 1.82) is 0 Å². The highest BCUT2D eigenvalue weighted by atomic mass is 16.4. The smallest absolute Gasteiger partial charge is 0.308 e. The molecule has 1 unspecified atom stereocenters. The van der Waals surface area contributed by atoms with Crippen molar-refractivity contribution < 1.29 is 9.90 Å². The Kier molecular flexibility index (Phi) is 2.13. The summed E-state index contributed by atoms with van der Waals surface area (Å²) in [4.78, 5) is 16.9. The van der Waals surface area contributed by atoms with Crippen LogP contribution < -0.4 is 4.90 Å². The number of fused-ring (bicyclic) bond motifs is 1. The van der Waals surface area contributed by atoms with Crippen LogP contribution in [0.2, 0.25) is 0 Å². The lowest BCUT2D eigenvalue weighted by atomic mass is 10.1. The van der Waals surface area contributed by atoms with Crippen LogP contribution in [0.15, 0.2) is 12.4 Å². The summed E-state index contributed by atoms with van der Waals surface area (Å²) >= 11 is 0. The summed E-state index contributed by atoms with van der Waals surface area (Å²) in [6.45, 7) is 1.15. The first-order valence-electron chi connectivity index (χ1n) is 5.25. The summed E-state index contributed by atoms with van der Waals surface area (Å²) in [5.74, 6) is -0.359. The molecular weight excluding hydrogens is 224 g/mol. The molecule has 1 aliphatic rings. The Hall–Kier alpha value is -2.25. The zero-order chi connectivity index (χ0) is 11.8. The normalized spacial score (nSPS) is 20.0. The minimum atomic E-state index is -0.760. The van der Waals surface area contributed by atoms with Crippen LogP contribution in [-0.4, -0.2) is 49.2 Å². The summed E-state index contributed by atoms with van der Waals surface area (Å²) in [6.07, 6.45) is 3.84. The summed E-state index contributed by atoms with van der Waals surface area (Å²) in [6, 6.07) is 0. The highest BCUT2D eigenvalue weighted by molar-refractivity contribution is 5.71. The van der Waals surface area contributed by atoms with Gasteiger partial charge < -0.3 is 10.0 Å². The average molecular weight is 234 g/mol. The van der Waals surface area contributed by atoms with Crippen LogP contribution in [0.4, 0.5) is 5.82 Å². The molecular formula is C9H10N6O2. The van der Waals surface area contributed by atoms with Crippen LogP contribution >= 0.6 is 0 Å². The maximum absolute atomic E-state index is 10.9. The topological polar surface area (TPSA) is 96.5 Å². The average Bonchev–Trinajstić information content (AvgIpc) is 2.97. The van der Waals surface area contributed by atoms with Gasteiger partial charge in [0.25, 0.3) is 0 Å². The number of rotatable bonds is 2. The molecule has 0 bridgehead atoms. The molecule has 3 heterocycles. The van der Waals surface area contributed by atoms with Gasteiger partial charge in [-0.1, -0.05) is 0 Å². The van der Waals surface area contributed by atoms with E-state index < -0.39 is 5.97 Å². The minimum absolute atomic E-state index is 0.332. The number of aliphatic carboxylic acids is 1. The molecule has 0 aliphatic carbocycles. The number of aromatic nitrogens is 5. The van der Waals surface area contributed by atoms with Gasteiger partial charge in [-0.15, -0.1) is 5.10 Å². The number of carbonyl (C=O) groups is 1. The molecule has 17 heavy (non-hydrogen) atoms. The van der Waals surface area contributed by atoms with Gasteiger partial charge >= 0.3 is 5.97 Å². The third-order valence-corrected chi connectivity index (χ3v) is 2.95. The van der Waals surface area contributed by atoms with E-state index in [1.54, 1.807) is 16.9 Å². The van der Waals surface area contributed by atoms with E-state index in [-0.39, 0.29) is 5.92 Å². The summed E-state index contributed by atoms with van der Waals surface area (Å²) in [5, 5.41) is 20.2. The minimum Gasteiger partial charge on any atom is -0.481 e. The molecule has 1 saturated heterocycles. The van der Waals surface area contributed by atoms with Gasteiger partial charge in [-0.05, 0) is 16.8 Å². The van der Waals surface area contributed by atoms with E-state index in [1.807, 2.05) is 4.90 Å².